The highest BCUT2D eigenvalue weighted by Crippen LogP contribution is 2.18. The number of anilines is 1. The van der Waals surface area contributed by atoms with Gasteiger partial charge in [-0.25, -0.2) is 0 Å². The zero-order valence-electron chi connectivity index (χ0n) is 11.4. The van der Waals surface area contributed by atoms with Crippen LogP contribution in [0.15, 0.2) is 24.3 Å². The van der Waals surface area contributed by atoms with Crippen molar-refractivity contribution < 1.29 is 0 Å². The molecule has 1 unspecified atom stereocenters. The SMILES string of the molecule is CC1CN(c2n[nH]c(Cc3ccccc3Cl)n2)CCN1. The van der Waals surface area contributed by atoms with Gasteiger partial charge in [-0.2, -0.15) is 4.98 Å². The van der Waals surface area contributed by atoms with Crippen molar-refractivity contribution in [1.29, 1.82) is 0 Å². The Hall–Kier alpha value is -1.59. The van der Waals surface area contributed by atoms with Gasteiger partial charge in [-0.3, -0.25) is 5.10 Å². The van der Waals surface area contributed by atoms with Gasteiger partial charge in [0, 0.05) is 37.1 Å². The van der Waals surface area contributed by atoms with E-state index in [1.54, 1.807) is 0 Å². The largest absolute Gasteiger partial charge is 0.337 e. The van der Waals surface area contributed by atoms with Crippen molar-refractivity contribution >= 4 is 17.5 Å². The quantitative estimate of drug-likeness (QED) is 0.906. The van der Waals surface area contributed by atoms with E-state index in [-0.39, 0.29) is 0 Å². The molecule has 1 aromatic carbocycles. The van der Waals surface area contributed by atoms with E-state index in [1.807, 2.05) is 24.3 Å². The Balaban J connectivity index is 1.72. The third kappa shape index (κ3) is 2.94. The van der Waals surface area contributed by atoms with Crippen LogP contribution in [0.4, 0.5) is 5.95 Å². The second-order valence-corrected chi connectivity index (χ2v) is 5.56. The van der Waals surface area contributed by atoms with Crippen molar-refractivity contribution in [3.8, 4) is 0 Å². The highest BCUT2D eigenvalue weighted by atomic mass is 35.5. The maximum Gasteiger partial charge on any atom is 0.244 e. The monoisotopic (exact) mass is 291 g/mol. The first-order chi connectivity index (χ1) is 9.72. The van der Waals surface area contributed by atoms with Crippen LogP contribution in [0.2, 0.25) is 5.02 Å². The van der Waals surface area contributed by atoms with Gasteiger partial charge in [-0.1, -0.05) is 29.8 Å². The Morgan fingerprint density at radius 1 is 1.40 bits per heavy atom. The van der Waals surface area contributed by atoms with Gasteiger partial charge in [0.2, 0.25) is 5.95 Å². The number of hydrogen-bond acceptors (Lipinski definition) is 4. The Bertz CT molecular complexity index is 582. The third-order valence-electron chi connectivity index (χ3n) is 3.49. The van der Waals surface area contributed by atoms with Gasteiger partial charge >= 0.3 is 0 Å². The molecule has 1 aliphatic heterocycles. The van der Waals surface area contributed by atoms with Gasteiger partial charge < -0.3 is 10.2 Å². The smallest absolute Gasteiger partial charge is 0.244 e. The Morgan fingerprint density at radius 2 is 2.25 bits per heavy atom. The molecule has 0 bridgehead atoms. The van der Waals surface area contributed by atoms with Crippen LogP contribution in [-0.2, 0) is 6.42 Å². The van der Waals surface area contributed by atoms with Crippen LogP contribution >= 0.6 is 11.6 Å². The molecule has 6 heteroatoms. The van der Waals surface area contributed by atoms with Gasteiger partial charge in [-0.05, 0) is 18.6 Å². The van der Waals surface area contributed by atoms with Gasteiger partial charge in [-0.15, -0.1) is 5.10 Å². The number of aromatic nitrogens is 3. The summed E-state index contributed by atoms with van der Waals surface area (Å²) in [6, 6.07) is 8.29. The zero-order chi connectivity index (χ0) is 13.9. The van der Waals surface area contributed by atoms with Crippen molar-refractivity contribution in [2.75, 3.05) is 24.5 Å². The van der Waals surface area contributed by atoms with Gasteiger partial charge in [0.25, 0.3) is 0 Å². The van der Waals surface area contributed by atoms with Crippen molar-refractivity contribution in [3.05, 3.63) is 40.7 Å². The summed E-state index contributed by atoms with van der Waals surface area (Å²) in [5, 5.41) is 11.5. The molecule has 0 radical (unpaired) electrons. The molecule has 1 aromatic heterocycles. The average molecular weight is 292 g/mol. The van der Waals surface area contributed by atoms with Crippen LogP contribution in [0.25, 0.3) is 0 Å². The maximum atomic E-state index is 6.17. The predicted molar refractivity (Wildman–Crippen MR) is 80.3 cm³/mol. The number of H-pyrrole nitrogens is 1. The lowest BCUT2D eigenvalue weighted by Crippen LogP contribution is -2.49. The molecule has 0 aliphatic carbocycles. The van der Waals surface area contributed by atoms with Gasteiger partial charge in [0.15, 0.2) is 0 Å². The molecule has 106 valence electrons. The molecule has 1 aliphatic rings. The number of hydrogen-bond donors (Lipinski definition) is 2. The predicted octanol–water partition coefficient (Wildman–Crippen LogP) is 1.85. The lowest BCUT2D eigenvalue weighted by Gasteiger charge is -2.30. The standard InChI is InChI=1S/C14H18ClN5/c1-10-9-20(7-6-16-10)14-17-13(18-19-14)8-11-4-2-3-5-12(11)15/h2-5,10,16H,6-9H2,1H3,(H,17,18,19). The Morgan fingerprint density at radius 3 is 3.05 bits per heavy atom. The molecule has 2 heterocycles. The summed E-state index contributed by atoms with van der Waals surface area (Å²) < 4.78 is 0. The van der Waals surface area contributed by atoms with Crippen molar-refractivity contribution in [1.82, 2.24) is 20.5 Å². The van der Waals surface area contributed by atoms with Crippen molar-refractivity contribution in [3.63, 3.8) is 0 Å². The number of nitrogens with zero attached hydrogens (tertiary/aromatic N) is 3. The normalized spacial score (nSPS) is 19.3. The summed E-state index contributed by atoms with van der Waals surface area (Å²) in [5.74, 6) is 1.62. The zero-order valence-corrected chi connectivity index (χ0v) is 12.2. The summed E-state index contributed by atoms with van der Waals surface area (Å²) in [6.45, 7) is 5.01. The van der Waals surface area contributed by atoms with Gasteiger partial charge in [0.1, 0.15) is 5.82 Å². The second-order valence-electron chi connectivity index (χ2n) is 5.15. The topological polar surface area (TPSA) is 56.8 Å². The number of piperazine rings is 1. The molecule has 5 nitrogen and oxygen atoms in total. The first-order valence-corrected chi connectivity index (χ1v) is 7.23. The number of halogens is 1. The summed E-state index contributed by atoms with van der Waals surface area (Å²) in [6.07, 6.45) is 0.675. The van der Waals surface area contributed by atoms with E-state index >= 15 is 0 Å². The minimum Gasteiger partial charge on any atom is -0.337 e. The van der Waals surface area contributed by atoms with E-state index in [0.717, 1.165) is 42.0 Å². The highest BCUT2D eigenvalue weighted by molar-refractivity contribution is 6.31. The second kappa shape index (κ2) is 5.81. The lowest BCUT2D eigenvalue weighted by atomic mass is 10.1. The summed E-state index contributed by atoms with van der Waals surface area (Å²) in [4.78, 5) is 6.78. The third-order valence-corrected chi connectivity index (χ3v) is 3.86. The molecule has 1 fully saturated rings. The molecule has 0 amide bonds. The molecule has 3 rings (SSSR count). The molecule has 1 saturated heterocycles. The van der Waals surface area contributed by atoms with Crippen molar-refractivity contribution in [2.24, 2.45) is 0 Å². The summed E-state index contributed by atoms with van der Waals surface area (Å²) in [5.41, 5.74) is 1.06. The first kappa shape index (κ1) is 13.4. The van der Waals surface area contributed by atoms with Crippen LogP contribution in [0, 0.1) is 0 Å². The maximum absolute atomic E-state index is 6.17. The molecule has 2 N–H and O–H groups in total. The van der Waals surface area contributed by atoms with E-state index in [0.29, 0.717) is 12.5 Å². The summed E-state index contributed by atoms with van der Waals surface area (Å²) >= 11 is 6.17. The van der Waals surface area contributed by atoms with Crippen LogP contribution in [0.5, 0.6) is 0 Å². The molecule has 0 spiro atoms. The minimum atomic E-state index is 0.467. The molecular formula is C14H18ClN5. The van der Waals surface area contributed by atoms with E-state index < -0.39 is 0 Å². The lowest BCUT2D eigenvalue weighted by molar-refractivity contribution is 0.480. The van der Waals surface area contributed by atoms with Crippen molar-refractivity contribution in [2.45, 2.75) is 19.4 Å². The molecule has 20 heavy (non-hydrogen) atoms. The van der Waals surface area contributed by atoms with E-state index in [2.05, 4.69) is 32.3 Å². The molecule has 0 saturated carbocycles. The first-order valence-electron chi connectivity index (χ1n) is 6.85. The molecular weight excluding hydrogens is 274 g/mol. The fraction of sp³-hybridized carbons (Fsp3) is 0.429. The number of benzene rings is 1. The van der Waals surface area contributed by atoms with Crippen LogP contribution in [0.3, 0.4) is 0 Å². The van der Waals surface area contributed by atoms with Gasteiger partial charge in [0.05, 0.1) is 0 Å². The Labute approximate surface area is 123 Å². The van der Waals surface area contributed by atoms with E-state index in [1.165, 1.54) is 0 Å². The van der Waals surface area contributed by atoms with Crippen LogP contribution < -0.4 is 10.2 Å². The number of aromatic amines is 1. The summed E-state index contributed by atoms with van der Waals surface area (Å²) in [7, 11) is 0. The average Bonchev–Trinajstić information content (AvgIpc) is 2.90. The molecule has 2 aromatic rings. The van der Waals surface area contributed by atoms with E-state index in [9.17, 15) is 0 Å². The minimum absolute atomic E-state index is 0.467. The van der Waals surface area contributed by atoms with E-state index in [4.69, 9.17) is 11.6 Å². The fourth-order valence-electron chi connectivity index (χ4n) is 2.44. The Kier molecular flexibility index (Phi) is 3.89. The van der Waals surface area contributed by atoms with Crippen LogP contribution in [0.1, 0.15) is 18.3 Å². The fourth-order valence-corrected chi connectivity index (χ4v) is 2.64. The molecule has 1 atom stereocenters. The van der Waals surface area contributed by atoms with Crippen LogP contribution in [-0.4, -0.2) is 40.9 Å². The number of nitrogens with one attached hydrogen (secondary N) is 2. The highest BCUT2D eigenvalue weighted by Gasteiger charge is 2.19. The number of rotatable bonds is 3.